The lowest BCUT2D eigenvalue weighted by molar-refractivity contribution is 0.463. The van der Waals surface area contributed by atoms with Gasteiger partial charge in [0.25, 0.3) is 10.1 Å². The van der Waals surface area contributed by atoms with Gasteiger partial charge in [-0.25, -0.2) is 5.43 Å². The number of aromatic hydroxyl groups is 1. The van der Waals surface area contributed by atoms with Crippen LogP contribution in [0.4, 0.5) is 5.69 Å². The first kappa shape index (κ1) is 14.3. The van der Waals surface area contributed by atoms with Gasteiger partial charge in [-0.2, -0.15) is 8.42 Å². The molecule has 4 N–H and O–H groups in total. The average molecular weight is 294 g/mol. The molecule has 0 saturated heterocycles. The van der Waals surface area contributed by atoms with Gasteiger partial charge in [0.15, 0.2) is 0 Å². The fraction of sp³-hybridized carbons (Fsp3) is 0.0769. The molecule has 2 rings (SSSR count). The van der Waals surface area contributed by atoms with Crippen LogP contribution in [0.15, 0.2) is 53.4 Å². The Labute approximate surface area is 116 Å². The molecule has 0 heterocycles. The fourth-order valence-corrected chi connectivity index (χ4v) is 2.16. The van der Waals surface area contributed by atoms with Crippen LogP contribution in [-0.4, -0.2) is 18.1 Å². The zero-order chi connectivity index (χ0) is 14.6. The number of hydrazine groups is 1. The van der Waals surface area contributed by atoms with E-state index in [4.69, 9.17) is 4.55 Å². The molecule has 0 aliphatic heterocycles. The summed E-state index contributed by atoms with van der Waals surface area (Å²) >= 11 is 0. The van der Waals surface area contributed by atoms with E-state index < -0.39 is 10.1 Å². The highest BCUT2D eigenvalue weighted by Gasteiger charge is 2.12. The van der Waals surface area contributed by atoms with Crippen LogP contribution in [0.25, 0.3) is 0 Å². The number of nitrogens with one attached hydrogen (secondary N) is 2. The molecular weight excluding hydrogens is 280 g/mol. The van der Waals surface area contributed by atoms with Gasteiger partial charge in [0.2, 0.25) is 0 Å². The van der Waals surface area contributed by atoms with Crippen molar-refractivity contribution in [3.63, 3.8) is 0 Å². The summed E-state index contributed by atoms with van der Waals surface area (Å²) in [7, 11) is -4.28. The van der Waals surface area contributed by atoms with E-state index in [1.807, 2.05) is 30.3 Å². The number of anilines is 1. The first-order chi connectivity index (χ1) is 9.47. The molecule has 0 spiro atoms. The molecule has 6 nitrogen and oxygen atoms in total. The fourth-order valence-electron chi connectivity index (χ4n) is 1.63. The average Bonchev–Trinajstić information content (AvgIpc) is 2.41. The molecule has 0 unspecified atom stereocenters. The van der Waals surface area contributed by atoms with Gasteiger partial charge in [0.05, 0.1) is 4.90 Å². The Hall–Kier alpha value is -2.09. The summed E-state index contributed by atoms with van der Waals surface area (Å²) in [5.74, 6) is -0.0558. The van der Waals surface area contributed by atoms with Gasteiger partial charge in [-0.05, 0) is 30.3 Å². The van der Waals surface area contributed by atoms with Crippen LogP contribution in [-0.2, 0) is 16.7 Å². The highest BCUT2D eigenvalue weighted by molar-refractivity contribution is 7.85. The summed E-state index contributed by atoms with van der Waals surface area (Å²) in [6, 6.07) is 12.9. The minimum atomic E-state index is -4.28. The van der Waals surface area contributed by atoms with Crippen LogP contribution in [0.5, 0.6) is 5.75 Å². The quantitative estimate of drug-likeness (QED) is 0.495. The molecule has 0 aliphatic rings. The molecule has 7 heteroatoms. The van der Waals surface area contributed by atoms with Crippen LogP contribution in [0.2, 0.25) is 0 Å². The molecular formula is C13H14N2O4S. The Morgan fingerprint density at radius 1 is 1.05 bits per heavy atom. The van der Waals surface area contributed by atoms with Gasteiger partial charge in [0, 0.05) is 17.8 Å². The van der Waals surface area contributed by atoms with Gasteiger partial charge in [-0.1, -0.05) is 18.2 Å². The third-order valence-electron chi connectivity index (χ3n) is 2.63. The van der Waals surface area contributed by atoms with E-state index in [-0.39, 0.29) is 17.2 Å². The van der Waals surface area contributed by atoms with Crippen LogP contribution >= 0.6 is 0 Å². The van der Waals surface area contributed by atoms with Crippen molar-refractivity contribution < 1.29 is 18.1 Å². The monoisotopic (exact) mass is 294 g/mol. The molecule has 106 valence electrons. The van der Waals surface area contributed by atoms with Crippen molar-refractivity contribution in [1.82, 2.24) is 5.43 Å². The predicted molar refractivity (Wildman–Crippen MR) is 74.8 cm³/mol. The van der Waals surface area contributed by atoms with Crippen molar-refractivity contribution >= 4 is 15.8 Å². The number of phenols is 1. The third-order valence-corrected chi connectivity index (χ3v) is 3.48. The Morgan fingerprint density at radius 3 is 2.40 bits per heavy atom. The van der Waals surface area contributed by atoms with Crippen molar-refractivity contribution in [3.05, 3.63) is 54.1 Å². The lowest BCUT2D eigenvalue weighted by Crippen LogP contribution is -2.21. The van der Waals surface area contributed by atoms with Gasteiger partial charge >= 0.3 is 0 Å². The second-order valence-corrected chi connectivity index (χ2v) is 5.53. The molecule has 0 saturated carbocycles. The summed E-state index contributed by atoms with van der Waals surface area (Å²) in [4.78, 5) is -0.258. The second kappa shape index (κ2) is 5.91. The van der Waals surface area contributed by atoms with E-state index in [1.54, 1.807) is 0 Å². The maximum absolute atomic E-state index is 11.0. The van der Waals surface area contributed by atoms with Crippen LogP contribution in [0.3, 0.4) is 0 Å². The summed E-state index contributed by atoms with van der Waals surface area (Å²) in [6.45, 7) is 0.185. The van der Waals surface area contributed by atoms with Crippen molar-refractivity contribution in [2.45, 2.75) is 11.4 Å². The molecule has 0 radical (unpaired) electrons. The topological polar surface area (TPSA) is 98.7 Å². The van der Waals surface area contributed by atoms with Gasteiger partial charge in [-0.15, -0.1) is 0 Å². The third kappa shape index (κ3) is 3.70. The van der Waals surface area contributed by atoms with Crippen molar-refractivity contribution in [3.8, 4) is 5.75 Å². The van der Waals surface area contributed by atoms with Gasteiger partial charge in [-0.3, -0.25) is 4.55 Å². The predicted octanol–water partition coefficient (Wildman–Crippen LogP) is 1.76. The molecule has 0 atom stereocenters. The lowest BCUT2D eigenvalue weighted by atomic mass is 10.2. The molecule has 0 aliphatic carbocycles. The number of phenolic OH excluding ortho intramolecular Hbond substituents is 1. The van der Waals surface area contributed by atoms with Crippen LogP contribution in [0, 0.1) is 0 Å². The van der Waals surface area contributed by atoms with Crippen molar-refractivity contribution in [2.75, 3.05) is 5.43 Å². The SMILES string of the molecule is O=S(=O)(O)c1ccc(O)c(CNNc2ccccc2)c1. The molecule has 2 aromatic rings. The minimum Gasteiger partial charge on any atom is -0.508 e. The van der Waals surface area contributed by atoms with E-state index in [0.29, 0.717) is 5.56 Å². The number of hydrogen-bond donors (Lipinski definition) is 4. The van der Waals surface area contributed by atoms with Crippen molar-refractivity contribution in [2.24, 2.45) is 0 Å². The normalized spacial score (nSPS) is 11.2. The highest BCUT2D eigenvalue weighted by atomic mass is 32.2. The summed E-state index contributed by atoms with van der Waals surface area (Å²) < 4.78 is 31.0. The number of para-hydroxylation sites is 1. The van der Waals surface area contributed by atoms with Gasteiger partial charge < -0.3 is 10.5 Å². The molecule has 0 aromatic heterocycles. The molecule has 20 heavy (non-hydrogen) atoms. The summed E-state index contributed by atoms with van der Waals surface area (Å²) in [5.41, 5.74) is 6.94. The number of benzene rings is 2. The number of rotatable bonds is 5. The van der Waals surface area contributed by atoms with E-state index >= 15 is 0 Å². The van der Waals surface area contributed by atoms with Crippen LogP contribution in [0.1, 0.15) is 5.56 Å². The van der Waals surface area contributed by atoms with Gasteiger partial charge in [0.1, 0.15) is 5.75 Å². The Bertz CT molecular complexity index is 687. The zero-order valence-corrected chi connectivity index (χ0v) is 11.3. The smallest absolute Gasteiger partial charge is 0.294 e. The maximum Gasteiger partial charge on any atom is 0.294 e. The van der Waals surface area contributed by atoms with E-state index in [0.717, 1.165) is 11.8 Å². The summed E-state index contributed by atoms with van der Waals surface area (Å²) in [6.07, 6.45) is 0. The molecule has 0 amide bonds. The Balaban J connectivity index is 2.06. The molecule has 0 fully saturated rings. The van der Waals surface area contributed by atoms with Crippen molar-refractivity contribution in [1.29, 1.82) is 0 Å². The highest BCUT2D eigenvalue weighted by Crippen LogP contribution is 2.21. The second-order valence-electron chi connectivity index (χ2n) is 4.11. The molecule has 2 aromatic carbocycles. The first-order valence-corrected chi connectivity index (χ1v) is 7.24. The minimum absolute atomic E-state index is 0.0558. The maximum atomic E-state index is 11.0. The summed E-state index contributed by atoms with van der Waals surface area (Å²) in [5, 5.41) is 9.65. The standard InChI is InChI=1S/C13H14N2O4S/c16-13-7-6-12(20(17,18)19)8-10(13)9-14-15-11-4-2-1-3-5-11/h1-8,14-16H,9H2,(H,17,18,19). The van der Waals surface area contributed by atoms with E-state index in [9.17, 15) is 13.5 Å². The Kier molecular flexibility index (Phi) is 4.23. The van der Waals surface area contributed by atoms with Crippen LogP contribution < -0.4 is 10.9 Å². The van der Waals surface area contributed by atoms with E-state index in [1.165, 1.54) is 12.1 Å². The zero-order valence-electron chi connectivity index (χ0n) is 10.4. The lowest BCUT2D eigenvalue weighted by Gasteiger charge is -2.10. The number of hydrogen-bond acceptors (Lipinski definition) is 5. The Morgan fingerprint density at radius 2 is 1.75 bits per heavy atom. The molecule has 0 bridgehead atoms. The van der Waals surface area contributed by atoms with E-state index in [2.05, 4.69) is 10.9 Å². The largest absolute Gasteiger partial charge is 0.508 e. The first-order valence-electron chi connectivity index (χ1n) is 5.80.